The maximum absolute atomic E-state index is 2.50. The van der Waals surface area contributed by atoms with E-state index >= 15 is 0 Å². The molecule has 1 fully saturated rings. The molecule has 0 spiro atoms. The summed E-state index contributed by atoms with van der Waals surface area (Å²) in [5, 5.41) is 0. The first kappa shape index (κ1) is 10.8. The lowest BCUT2D eigenvalue weighted by Gasteiger charge is -2.32. The van der Waals surface area contributed by atoms with Crippen LogP contribution >= 0.6 is 22.6 Å². The normalized spacial score (nSPS) is 31.0. The summed E-state index contributed by atoms with van der Waals surface area (Å²) in [6.45, 7) is 0. The number of alkyl halides is 1. The molecular formula is C10H20IN. The Morgan fingerprint density at radius 3 is 2.17 bits per heavy atom. The fourth-order valence-electron chi connectivity index (χ4n) is 2.10. The zero-order chi connectivity index (χ0) is 8.97. The SMILES string of the molecule is CN(C)C1CCC(CCI)CC1. The van der Waals surface area contributed by atoms with E-state index in [2.05, 4.69) is 41.6 Å². The lowest BCUT2D eigenvalue weighted by atomic mass is 9.84. The van der Waals surface area contributed by atoms with Crippen molar-refractivity contribution >= 4 is 22.6 Å². The Bertz CT molecular complexity index is 117. The Labute approximate surface area is 90.0 Å². The Morgan fingerprint density at radius 1 is 1.17 bits per heavy atom. The second-order valence-electron chi connectivity index (χ2n) is 4.12. The van der Waals surface area contributed by atoms with Crippen molar-refractivity contribution in [3.05, 3.63) is 0 Å². The fourth-order valence-corrected chi connectivity index (χ4v) is 2.99. The number of halogens is 1. The van der Waals surface area contributed by atoms with Crippen LogP contribution < -0.4 is 0 Å². The van der Waals surface area contributed by atoms with Gasteiger partial charge < -0.3 is 4.90 Å². The fraction of sp³-hybridized carbons (Fsp3) is 1.00. The molecule has 1 aliphatic carbocycles. The van der Waals surface area contributed by atoms with Gasteiger partial charge in [-0.25, -0.2) is 0 Å². The third kappa shape index (κ3) is 3.21. The summed E-state index contributed by atoms with van der Waals surface area (Å²) in [7, 11) is 4.42. The van der Waals surface area contributed by atoms with Crippen LogP contribution in [0.25, 0.3) is 0 Å². The second-order valence-corrected chi connectivity index (χ2v) is 5.19. The van der Waals surface area contributed by atoms with Gasteiger partial charge in [0.1, 0.15) is 0 Å². The van der Waals surface area contributed by atoms with E-state index in [9.17, 15) is 0 Å². The van der Waals surface area contributed by atoms with Gasteiger partial charge in [0.2, 0.25) is 0 Å². The molecule has 2 heteroatoms. The standard InChI is InChI=1S/C10H20IN/c1-12(2)10-5-3-9(4-6-10)7-8-11/h9-10H,3-8H2,1-2H3. The van der Waals surface area contributed by atoms with Gasteiger partial charge in [-0.15, -0.1) is 0 Å². The lowest BCUT2D eigenvalue weighted by molar-refractivity contribution is 0.192. The molecule has 0 heterocycles. The predicted octanol–water partition coefficient (Wildman–Crippen LogP) is 2.93. The van der Waals surface area contributed by atoms with Crippen LogP contribution in [0.5, 0.6) is 0 Å². The number of rotatable bonds is 3. The van der Waals surface area contributed by atoms with Crippen LogP contribution in [-0.4, -0.2) is 29.5 Å². The van der Waals surface area contributed by atoms with E-state index in [1.807, 2.05) is 0 Å². The average molecular weight is 281 g/mol. The van der Waals surface area contributed by atoms with Crippen molar-refractivity contribution in [3.63, 3.8) is 0 Å². The van der Waals surface area contributed by atoms with Crippen molar-refractivity contribution in [2.75, 3.05) is 18.5 Å². The Morgan fingerprint density at radius 2 is 1.75 bits per heavy atom. The van der Waals surface area contributed by atoms with Crippen LogP contribution in [0.15, 0.2) is 0 Å². The van der Waals surface area contributed by atoms with Gasteiger partial charge in [0, 0.05) is 6.04 Å². The first-order valence-electron chi connectivity index (χ1n) is 4.96. The van der Waals surface area contributed by atoms with E-state index in [4.69, 9.17) is 0 Å². The first-order valence-corrected chi connectivity index (χ1v) is 6.49. The van der Waals surface area contributed by atoms with Crippen LogP contribution in [0.3, 0.4) is 0 Å². The molecule has 0 aromatic carbocycles. The monoisotopic (exact) mass is 281 g/mol. The minimum Gasteiger partial charge on any atom is -0.306 e. The van der Waals surface area contributed by atoms with Crippen LogP contribution in [0.4, 0.5) is 0 Å². The minimum absolute atomic E-state index is 0.871. The highest BCUT2D eigenvalue weighted by molar-refractivity contribution is 14.1. The van der Waals surface area contributed by atoms with Crippen molar-refractivity contribution in [1.29, 1.82) is 0 Å². The topological polar surface area (TPSA) is 3.24 Å². The third-order valence-electron chi connectivity index (χ3n) is 3.06. The smallest absolute Gasteiger partial charge is 0.00893 e. The largest absolute Gasteiger partial charge is 0.306 e. The van der Waals surface area contributed by atoms with Gasteiger partial charge >= 0.3 is 0 Å². The van der Waals surface area contributed by atoms with E-state index in [0.29, 0.717) is 0 Å². The molecular weight excluding hydrogens is 261 g/mol. The summed E-state index contributed by atoms with van der Waals surface area (Å²) >= 11 is 2.50. The summed E-state index contributed by atoms with van der Waals surface area (Å²) in [5.41, 5.74) is 0. The van der Waals surface area contributed by atoms with Crippen molar-refractivity contribution in [2.45, 2.75) is 38.1 Å². The predicted molar refractivity (Wildman–Crippen MR) is 62.9 cm³/mol. The summed E-state index contributed by atoms with van der Waals surface area (Å²) in [6, 6.07) is 0.871. The Hall–Kier alpha value is 0.690. The van der Waals surface area contributed by atoms with E-state index in [1.54, 1.807) is 0 Å². The molecule has 0 aliphatic heterocycles. The van der Waals surface area contributed by atoms with E-state index < -0.39 is 0 Å². The van der Waals surface area contributed by atoms with Gasteiger partial charge in [-0.1, -0.05) is 22.6 Å². The molecule has 72 valence electrons. The van der Waals surface area contributed by atoms with Crippen molar-refractivity contribution in [1.82, 2.24) is 4.90 Å². The van der Waals surface area contributed by atoms with Crippen LogP contribution in [-0.2, 0) is 0 Å². The number of hydrogen-bond acceptors (Lipinski definition) is 1. The minimum atomic E-state index is 0.871. The highest BCUT2D eigenvalue weighted by atomic mass is 127. The molecule has 0 aromatic heterocycles. The number of nitrogens with zero attached hydrogens (tertiary/aromatic N) is 1. The van der Waals surface area contributed by atoms with Crippen molar-refractivity contribution in [2.24, 2.45) is 5.92 Å². The first-order chi connectivity index (χ1) is 5.74. The molecule has 1 rings (SSSR count). The second kappa shape index (κ2) is 5.43. The van der Waals surface area contributed by atoms with E-state index in [0.717, 1.165) is 12.0 Å². The van der Waals surface area contributed by atoms with Crippen molar-refractivity contribution < 1.29 is 0 Å². The zero-order valence-electron chi connectivity index (χ0n) is 8.22. The van der Waals surface area contributed by atoms with Crippen LogP contribution in [0.1, 0.15) is 32.1 Å². The quantitative estimate of drug-likeness (QED) is 0.568. The maximum atomic E-state index is 2.50. The maximum Gasteiger partial charge on any atom is 0.00893 e. The number of hydrogen-bond donors (Lipinski definition) is 0. The van der Waals surface area contributed by atoms with Gasteiger partial charge in [-0.05, 0) is 56.5 Å². The lowest BCUT2D eigenvalue weighted by Crippen LogP contribution is -2.32. The van der Waals surface area contributed by atoms with Gasteiger partial charge in [0.25, 0.3) is 0 Å². The average Bonchev–Trinajstić information content (AvgIpc) is 2.06. The molecule has 0 unspecified atom stereocenters. The highest BCUT2D eigenvalue weighted by Gasteiger charge is 2.21. The molecule has 1 saturated carbocycles. The van der Waals surface area contributed by atoms with Gasteiger partial charge in [-0.2, -0.15) is 0 Å². The molecule has 12 heavy (non-hydrogen) atoms. The molecule has 0 amide bonds. The third-order valence-corrected chi connectivity index (χ3v) is 3.69. The van der Waals surface area contributed by atoms with Gasteiger partial charge in [0.05, 0.1) is 0 Å². The summed E-state index contributed by atoms with van der Waals surface area (Å²) < 4.78 is 1.34. The zero-order valence-corrected chi connectivity index (χ0v) is 10.4. The molecule has 0 radical (unpaired) electrons. The summed E-state index contributed by atoms with van der Waals surface area (Å²) in [5.74, 6) is 1.04. The summed E-state index contributed by atoms with van der Waals surface area (Å²) in [6.07, 6.45) is 7.22. The highest BCUT2D eigenvalue weighted by Crippen LogP contribution is 2.28. The molecule has 1 aliphatic rings. The van der Waals surface area contributed by atoms with Crippen molar-refractivity contribution in [3.8, 4) is 0 Å². The van der Waals surface area contributed by atoms with Crippen LogP contribution in [0, 0.1) is 5.92 Å². The molecule has 0 atom stereocenters. The van der Waals surface area contributed by atoms with Gasteiger partial charge in [0.15, 0.2) is 0 Å². The van der Waals surface area contributed by atoms with E-state index in [-0.39, 0.29) is 0 Å². The molecule has 1 nitrogen and oxygen atoms in total. The molecule has 0 aromatic rings. The Balaban J connectivity index is 2.20. The molecule has 0 N–H and O–H groups in total. The summed E-state index contributed by atoms with van der Waals surface area (Å²) in [4.78, 5) is 2.39. The Kier molecular flexibility index (Phi) is 4.87. The molecule has 0 bridgehead atoms. The molecule has 0 saturated heterocycles. The van der Waals surface area contributed by atoms with E-state index in [1.165, 1.54) is 36.5 Å². The van der Waals surface area contributed by atoms with Crippen LogP contribution in [0.2, 0.25) is 0 Å². The van der Waals surface area contributed by atoms with Gasteiger partial charge in [-0.3, -0.25) is 0 Å².